The zero-order chi connectivity index (χ0) is 26.5. The highest BCUT2D eigenvalue weighted by Gasteiger charge is 2.77. The monoisotopic (exact) mass is 541 g/mol. The summed E-state index contributed by atoms with van der Waals surface area (Å²) in [5.74, 6) is -1.97. The first-order valence-corrected chi connectivity index (χ1v) is 13.8. The number of likely N-dealkylation sites (tertiary alicyclic amines) is 1. The molecule has 3 fully saturated rings. The van der Waals surface area contributed by atoms with Crippen molar-refractivity contribution in [3.8, 4) is 0 Å². The molecule has 3 amide bonds. The number of thioether (sulfide) groups is 1. The average molecular weight is 542 g/mol. The maximum absolute atomic E-state index is 14.0. The summed E-state index contributed by atoms with van der Waals surface area (Å²) in [6.45, 7) is 5.73. The summed E-state index contributed by atoms with van der Waals surface area (Å²) < 4.78 is -1.22. The van der Waals surface area contributed by atoms with Gasteiger partial charge in [-0.05, 0) is 50.8 Å². The molecular formula is C28H32ClN3O4S. The van der Waals surface area contributed by atoms with Gasteiger partial charge in [0.05, 0.1) is 39.9 Å². The van der Waals surface area contributed by atoms with E-state index in [1.54, 1.807) is 24.8 Å². The highest BCUT2D eigenvalue weighted by Crippen LogP contribution is 2.71. The first-order valence-electron chi connectivity index (χ1n) is 12.6. The van der Waals surface area contributed by atoms with Crippen molar-refractivity contribution in [2.45, 2.75) is 61.7 Å². The van der Waals surface area contributed by atoms with Gasteiger partial charge < -0.3 is 20.6 Å². The number of hydrogen-bond acceptors (Lipinski definition) is 5. The number of carbonyl (C=O) groups is 3. The second-order valence-corrected chi connectivity index (χ2v) is 12.9. The Bertz CT molecular complexity index is 1220. The molecule has 0 radical (unpaired) electrons. The van der Waals surface area contributed by atoms with Crippen molar-refractivity contribution in [3.05, 3.63) is 64.7 Å². The zero-order valence-electron chi connectivity index (χ0n) is 21.2. The molecule has 1 spiro atoms. The van der Waals surface area contributed by atoms with Crippen LogP contribution in [0.4, 0.5) is 5.69 Å². The number of nitrogens with zero attached hydrogens (tertiary/aromatic N) is 1. The number of para-hydroxylation sites is 1. The molecule has 2 aromatic rings. The van der Waals surface area contributed by atoms with Gasteiger partial charge in [-0.3, -0.25) is 14.4 Å². The number of rotatable bonds is 7. The third-order valence-corrected chi connectivity index (χ3v) is 10.6. The molecule has 37 heavy (non-hydrogen) atoms. The van der Waals surface area contributed by atoms with Crippen molar-refractivity contribution < 1.29 is 19.5 Å². The van der Waals surface area contributed by atoms with Gasteiger partial charge in [0, 0.05) is 11.3 Å². The van der Waals surface area contributed by atoms with Crippen LogP contribution in [-0.4, -0.2) is 55.9 Å². The van der Waals surface area contributed by atoms with Crippen LogP contribution in [0.2, 0.25) is 5.02 Å². The van der Waals surface area contributed by atoms with Crippen molar-refractivity contribution >= 4 is 46.8 Å². The highest BCUT2D eigenvalue weighted by molar-refractivity contribution is 8.02. The van der Waals surface area contributed by atoms with Crippen LogP contribution in [-0.2, 0) is 20.9 Å². The lowest BCUT2D eigenvalue weighted by Gasteiger charge is -2.36. The summed E-state index contributed by atoms with van der Waals surface area (Å²) in [6.07, 6.45) is 1.36. The van der Waals surface area contributed by atoms with Crippen molar-refractivity contribution in [2.75, 3.05) is 11.9 Å². The SMILES string of the molecule is Cc1cccc(Cl)c1NC(=O)C1N([C@H](C)CO)C(=O)[C@@H]2[C@@H](C(=O)NCc3ccccc3)[C@@]3(C)CCC12S3. The number of anilines is 1. The number of benzene rings is 2. The number of halogens is 1. The van der Waals surface area contributed by atoms with Gasteiger partial charge in [-0.15, -0.1) is 11.8 Å². The molecule has 3 saturated heterocycles. The number of aryl methyl sites for hydroxylation is 1. The smallest absolute Gasteiger partial charge is 0.248 e. The quantitative estimate of drug-likeness (QED) is 0.496. The summed E-state index contributed by atoms with van der Waals surface area (Å²) in [6, 6.07) is 13.6. The van der Waals surface area contributed by atoms with Crippen LogP contribution >= 0.6 is 23.4 Å². The molecule has 2 aromatic carbocycles. The van der Waals surface area contributed by atoms with Gasteiger partial charge in [-0.25, -0.2) is 0 Å². The first kappa shape index (κ1) is 26.1. The van der Waals surface area contributed by atoms with E-state index in [4.69, 9.17) is 11.6 Å². The van der Waals surface area contributed by atoms with Gasteiger partial charge in [0.2, 0.25) is 17.7 Å². The molecule has 0 aromatic heterocycles. The minimum Gasteiger partial charge on any atom is -0.394 e. The predicted molar refractivity (Wildman–Crippen MR) is 145 cm³/mol. The van der Waals surface area contributed by atoms with E-state index in [-0.39, 0.29) is 24.3 Å². The van der Waals surface area contributed by atoms with E-state index in [9.17, 15) is 19.5 Å². The fourth-order valence-electron chi connectivity index (χ4n) is 6.50. The summed E-state index contributed by atoms with van der Waals surface area (Å²) in [4.78, 5) is 43.1. The fraction of sp³-hybridized carbons (Fsp3) is 0.464. The summed E-state index contributed by atoms with van der Waals surface area (Å²) in [7, 11) is 0. The van der Waals surface area contributed by atoms with E-state index >= 15 is 0 Å². The Labute approximate surface area is 226 Å². The van der Waals surface area contributed by atoms with Gasteiger partial charge >= 0.3 is 0 Å². The Morgan fingerprint density at radius 1 is 1.16 bits per heavy atom. The molecule has 2 unspecified atom stereocenters. The normalized spacial score (nSPS) is 30.8. The minimum absolute atomic E-state index is 0.168. The number of aliphatic hydroxyl groups excluding tert-OH is 1. The van der Waals surface area contributed by atoms with Crippen molar-refractivity contribution in [3.63, 3.8) is 0 Å². The molecular weight excluding hydrogens is 510 g/mol. The van der Waals surface area contributed by atoms with E-state index in [1.165, 1.54) is 4.90 Å². The van der Waals surface area contributed by atoms with Crippen LogP contribution < -0.4 is 10.6 Å². The second kappa shape index (κ2) is 9.64. The van der Waals surface area contributed by atoms with Crippen LogP contribution in [0.15, 0.2) is 48.5 Å². The predicted octanol–water partition coefficient (Wildman–Crippen LogP) is 3.77. The highest BCUT2D eigenvalue weighted by atomic mass is 35.5. The van der Waals surface area contributed by atoms with Gasteiger partial charge in [0.1, 0.15) is 6.04 Å². The van der Waals surface area contributed by atoms with Crippen LogP contribution in [0.5, 0.6) is 0 Å². The van der Waals surface area contributed by atoms with Crippen molar-refractivity contribution in [2.24, 2.45) is 11.8 Å². The Kier molecular flexibility index (Phi) is 6.79. The number of nitrogens with one attached hydrogen (secondary N) is 2. The lowest BCUT2D eigenvalue weighted by Crippen LogP contribution is -2.54. The van der Waals surface area contributed by atoms with E-state index in [2.05, 4.69) is 10.6 Å². The molecule has 3 N–H and O–H groups in total. The molecule has 0 saturated carbocycles. The summed E-state index contributed by atoms with van der Waals surface area (Å²) in [5, 5.41) is 16.5. The number of amides is 3. The van der Waals surface area contributed by atoms with Crippen molar-refractivity contribution in [1.29, 1.82) is 0 Å². The molecule has 3 aliphatic heterocycles. The van der Waals surface area contributed by atoms with Gasteiger partial charge in [0.25, 0.3) is 0 Å². The molecule has 9 heteroatoms. The fourth-order valence-corrected chi connectivity index (χ4v) is 9.11. The van der Waals surface area contributed by atoms with E-state index in [0.717, 1.165) is 17.5 Å². The Balaban J connectivity index is 1.49. The second-order valence-electron chi connectivity index (χ2n) is 10.6. The maximum Gasteiger partial charge on any atom is 0.248 e. The molecule has 3 heterocycles. The largest absolute Gasteiger partial charge is 0.394 e. The van der Waals surface area contributed by atoms with E-state index < -0.39 is 33.4 Å². The molecule has 0 aliphatic carbocycles. The molecule has 3 aliphatic rings. The maximum atomic E-state index is 14.0. The van der Waals surface area contributed by atoms with Gasteiger partial charge in [-0.1, -0.05) is 54.1 Å². The molecule has 196 valence electrons. The standard InChI is InChI=1S/C28H32ClN3O4S/c1-16-8-7-11-19(29)22(16)31-25(35)23-28-13-12-27(3,37-28)20(21(28)26(36)32(23)17(2)15-33)24(34)30-14-18-9-5-4-6-10-18/h4-11,17,20-21,23,33H,12-15H2,1-3H3,(H,30,34)(H,31,35)/t17-,20+,21+,23?,27-,28?/m1/s1. The number of aliphatic hydroxyl groups is 1. The third-order valence-electron chi connectivity index (χ3n) is 8.26. The average Bonchev–Trinajstić information content (AvgIpc) is 3.45. The van der Waals surface area contributed by atoms with Crippen molar-refractivity contribution in [1.82, 2.24) is 10.2 Å². The Hall–Kier alpha value is -2.55. The Morgan fingerprint density at radius 3 is 2.57 bits per heavy atom. The molecule has 7 nitrogen and oxygen atoms in total. The van der Waals surface area contributed by atoms with Gasteiger partial charge in [-0.2, -0.15) is 0 Å². The van der Waals surface area contributed by atoms with E-state index in [0.29, 0.717) is 23.7 Å². The first-order chi connectivity index (χ1) is 17.6. The minimum atomic E-state index is -0.832. The molecule has 6 atom stereocenters. The summed E-state index contributed by atoms with van der Waals surface area (Å²) in [5.41, 5.74) is 2.31. The van der Waals surface area contributed by atoms with E-state index in [1.807, 2.05) is 56.3 Å². The number of carbonyl (C=O) groups excluding carboxylic acids is 3. The van der Waals surface area contributed by atoms with Crippen LogP contribution in [0.25, 0.3) is 0 Å². The third kappa shape index (κ3) is 4.14. The van der Waals surface area contributed by atoms with Crippen LogP contribution in [0.1, 0.15) is 37.8 Å². The van der Waals surface area contributed by atoms with Gasteiger partial charge in [0.15, 0.2) is 0 Å². The molecule has 2 bridgehead atoms. The van der Waals surface area contributed by atoms with Crippen LogP contribution in [0, 0.1) is 18.8 Å². The van der Waals surface area contributed by atoms with Crippen LogP contribution in [0.3, 0.4) is 0 Å². The summed E-state index contributed by atoms with van der Waals surface area (Å²) >= 11 is 8.00. The Morgan fingerprint density at radius 2 is 1.89 bits per heavy atom. The number of hydrogen-bond donors (Lipinski definition) is 3. The lowest BCUT2D eigenvalue weighted by atomic mass is 9.66. The molecule has 5 rings (SSSR count). The lowest BCUT2D eigenvalue weighted by molar-refractivity contribution is -0.142. The number of fused-ring (bicyclic) bond motifs is 1. The topological polar surface area (TPSA) is 98.7 Å². The zero-order valence-corrected chi connectivity index (χ0v) is 22.7.